The first-order valence-electron chi connectivity index (χ1n) is 9.92. The summed E-state index contributed by atoms with van der Waals surface area (Å²) in [6.45, 7) is 1.03. The molecule has 10 heteroatoms. The lowest BCUT2D eigenvalue weighted by Crippen LogP contribution is -2.48. The molecule has 2 aromatic heterocycles. The van der Waals surface area contributed by atoms with Crippen LogP contribution in [0.4, 0.5) is 19.1 Å². The second-order valence-electron chi connectivity index (χ2n) is 7.69. The summed E-state index contributed by atoms with van der Waals surface area (Å²) in [4.78, 5) is 20.2. The molecule has 0 radical (unpaired) electrons. The van der Waals surface area contributed by atoms with Crippen molar-refractivity contribution in [1.29, 1.82) is 5.26 Å². The quantitative estimate of drug-likeness (QED) is 0.747. The van der Waals surface area contributed by atoms with Crippen LogP contribution in [0.25, 0.3) is 11.7 Å². The van der Waals surface area contributed by atoms with Gasteiger partial charge in [-0.1, -0.05) is 0 Å². The van der Waals surface area contributed by atoms with Gasteiger partial charge in [0.25, 0.3) is 5.89 Å². The number of carbonyl (C=O) groups is 1. The third-order valence-electron chi connectivity index (χ3n) is 5.77. The molecule has 2 aliphatic rings. The number of carbonyl (C=O) groups excluding carboxylic acids is 1. The van der Waals surface area contributed by atoms with E-state index in [1.165, 1.54) is 11.2 Å². The second-order valence-corrected chi connectivity index (χ2v) is 7.69. The Morgan fingerprint density at radius 3 is 2.63 bits per heavy atom. The maximum atomic E-state index is 13.0. The van der Waals surface area contributed by atoms with Crippen LogP contribution in [0.3, 0.4) is 0 Å². The van der Waals surface area contributed by atoms with Crippen molar-refractivity contribution in [2.45, 2.75) is 31.9 Å². The Morgan fingerprint density at radius 2 is 2.00 bits per heavy atom. The zero-order chi connectivity index (χ0) is 21.3. The fourth-order valence-electron chi connectivity index (χ4n) is 4.14. The first kappa shape index (κ1) is 20.3. The third-order valence-corrected chi connectivity index (χ3v) is 5.77. The highest BCUT2D eigenvalue weighted by Gasteiger charge is 2.43. The number of oxazole rings is 1. The van der Waals surface area contributed by atoms with Crippen LogP contribution in [-0.4, -0.2) is 48.1 Å². The summed E-state index contributed by atoms with van der Waals surface area (Å²) in [5.41, 5.74) is 0.134. The number of anilines is 1. The van der Waals surface area contributed by atoms with E-state index in [2.05, 4.69) is 4.98 Å². The molecule has 0 bridgehead atoms. The molecule has 4 rings (SSSR count). The molecule has 4 heterocycles. The summed E-state index contributed by atoms with van der Waals surface area (Å²) in [5.74, 6) is -1.04. The van der Waals surface area contributed by atoms with Crippen LogP contribution in [0.15, 0.2) is 27.2 Å². The number of furan rings is 1. The Labute approximate surface area is 171 Å². The van der Waals surface area contributed by atoms with E-state index in [4.69, 9.17) is 8.83 Å². The number of amides is 1. The van der Waals surface area contributed by atoms with E-state index < -0.39 is 12.1 Å². The number of hydrogen-bond acceptors (Lipinski definition) is 6. The Balaban J connectivity index is 1.40. The Bertz CT molecular complexity index is 924. The van der Waals surface area contributed by atoms with E-state index in [0.717, 1.165) is 0 Å². The molecule has 1 atom stereocenters. The normalized spacial score (nSPS) is 20.9. The lowest BCUT2D eigenvalue weighted by atomic mass is 9.92. The number of nitrogens with zero attached hydrogens (tertiary/aromatic N) is 4. The topological polar surface area (TPSA) is 86.5 Å². The van der Waals surface area contributed by atoms with Gasteiger partial charge in [-0.25, -0.2) is 0 Å². The number of alkyl halides is 3. The number of nitriles is 1. The minimum absolute atomic E-state index is 0.0756. The van der Waals surface area contributed by atoms with Gasteiger partial charge in [-0.2, -0.15) is 23.4 Å². The first-order chi connectivity index (χ1) is 14.4. The van der Waals surface area contributed by atoms with Crippen molar-refractivity contribution >= 4 is 11.8 Å². The van der Waals surface area contributed by atoms with Gasteiger partial charge in [-0.05, 0) is 37.8 Å². The largest absolute Gasteiger partial charge is 0.459 e. The highest BCUT2D eigenvalue weighted by molar-refractivity contribution is 5.79. The van der Waals surface area contributed by atoms with Gasteiger partial charge in [-0.15, -0.1) is 0 Å². The number of piperidine rings is 2. The molecule has 7 nitrogen and oxygen atoms in total. The van der Waals surface area contributed by atoms with Gasteiger partial charge >= 0.3 is 6.18 Å². The summed E-state index contributed by atoms with van der Waals surface area (Å²) < 4.78 is 50.1. The van der Waals surface area contributed by atoms with Gasteiger partial charge in [0.15, 0.2) is 5.76 Å². The van der Waals surface area contributed by atoms with Crippen LogP contribution in [0.1, 0.15) is 31.4 Å². The van der Waals surface area contributed by atoms with Gasteiger partial charge in [0.05, 0.1) is 12.2 Å². The SMILES string of the molecule is N#Cc1nc(-c2ccco2)oc1N1CCC(C(=O)N2CCCC(C(F)(F)F)C2)CC1. The predicted molar refractivity (Wildman–Crippen MR) is 99.2 cm³/mol. The van der Waals surface area contributed by atoms with E-state index in [1.54, 1.807) is 12.1 Å². The minimum Gasteiger partial charge on any atom is -0.459 e. The van der Waals surface area contributed by atoms with E-state index in [1.807, 2.05) is 11.0 Å². The molecule has 1 unspecified atom stereocenters. The summed E-state index contributed by atoms with van der Waals surface area (Å²) in [7, 11) is 0. The number of hydrogen-bond donors (Lipinski definition) is 0. The Morgan fingerprint density at radius 1 is 1.23 bits per heavy atom. The monoisotopic (exact) mass is 422 g/mol. The van der Waals surface area contributed by atoms with E-state index >= 15 is 0 Å². The van der Waals surface area contributed by atoms with Crippen molar-refractivity contribution in [3.05, 3.63) is 24.1 Å². The molecule has 0 spiro atoms. The smallest absolute Gasteiger partial charge is 0.393 e. The highest BCUT2D eigenvalue weighted by Crippen LogP contribution is 2.35. The van der Waals surface area contributed by atoms with Crippen LogP contribution in [-0.2, 0) is 4.79 Å². The molecule has 160 valence electrons. The van der Waals surface area contributed by atoms with Gasteiger partial charge in [0, 0.05) is 32.1 Å². The third kappa shape index (κ3) is 4.01. The first-order valence-corrected chi connectivity index (χ1v) is 9.92. The predicted octanol–water partition coefficient (Wildman–Crippen LogP) is 3.82. The number of rotatable bonds is 3. The number of likely N-dealkylation sites (tertiary alicyclic amines) is 1. The van der Waals surface area contributed by atoms with Crippen LogP contribution >= 0.6 is 0 Å². The molecular weight excluding hydrogens is 401 g/mol. The highest BCUT2D eigenvalue weighted by atomic mass is 19.4. The standard InChI is InChI=1S/C20H21F3N4O3/c21-20(22,23)14-3-1-7-27(12-14)18(28)13-5-8-26(9-6-13)19-15(11-24)25-17(30-19)16-4-2-10-29-16/h2,4,10,13-14H,1,3,5-9,12H2. The molecule has 30 heavy (non-hydrogen) atoms. The van der Waals surface area contributed by atoms with Crippen LogP contribution in [0.5, 0.6) is 0 Å². The van der Waals surface area contributed by atoms with E-state index in [-0.39, 0.29) is 36.4 Å². The fraction of sp³-hybridized carbons (Fsp3) is 0.550. The summed E-state index contributed by atoms with van der Waals surface area (Å²) in [6, 6.07) is 5.37. The maximum Gasteiger partial charge on any atom is 0.393 e. The fourth-order valence-corrected chi connectivity index (χ4v) is 4.14. The maximum absolute atomic E-state index is 13.0. The molecule has 2 aliphatic heterocycles. The molecule has 0 aromatic carbocycles. The molecule has 2 fully saturated rings. The van der Waals surface area contributed by atoms with Gasteiger partial charge in [0.2, 0.25) is 17.5 Å². The average molecular weight is 422 g/mol. The van der Waals surface area contributed by atoms with Crippen molar-refractivity contribution in [2.75, 3.05) is 31.1 Å². The number of aromatic nitrogens is 1. The Kier molecular flexibility index (Phi) is 5.45. The van der Waals surface area contributed by atoms with Crippen LogP contribution in [0, 0.1) is 23.2 Å². The molecule has 0 N–H and O–H groups in total. The molecule has 0 aliphatic carbocycles. The van der Waals surface area contributed by atoms with E-state index in [0.29, 0.717) is 50.5 Å². The second kappa shape index (κ2) is 8.05. The van der Waals surface area contributed by atoms with Gasteiger partial charge in [-0.3, -0.25) is 4.79 Å². The van der Waals surface area contributed by atoms with Gasteiger partial charge in [0.1, 0.15) is 6.07 Å². The van der Waals surface area contributed by atoms with Crippen LogP contribution < -0.4 is 4.90 Å². The van der Waals surface area contributed by atoms with Crippen LogP contribution in [0.2, 0.25) is 0 Å². The summed E-state index contributed by atoms with van der Waals surface area (Å²) in [5, 5.41) is 9.38. The molecule has 0 saturated carbocycles. The van der Waals surface area contributed by atoms with Crippen molar-refractivity contribution in [2.24, 2.45) is 11.8 Å². The number of halogens is 3. The average Bonchev–Trinajstić information content (AvgIpc) is 3.42. The molecule has 2 saturated heterocycles. The zero-order valence-corrected chi connectivity index (χ0v) is 16.2. The molecular formula is C20H21F3N4O3. The zero-order valence-electron chi connectivity index (χ0n) is 16.2. The summed E-state index contributed by atoms with van der Waals surface area (Å²) >= 11 is 0. The van der Waals surface area contributed by atoms with E-state index in [9.17, 15) is 23.2 Å². The van der Waals surface area contributed by atoms with Gasteiger partial charge < -0.3 is 18.6 Å². The van der Waals surface area contributed by atoms with Crippen molar-refractivity contribution in [3.8, 4) is 17.7 Å². The minimum atomic E-state index is -4.27. The molecule has 2 aromatic rings. The lowest BCUT2D eigenvalue weighted by Gasteiger charge is -2.38. The van der Waals surface area contributed by atoms with Crippen molar-refractivity contribution in [3.63, 3.8) is 0 Å². The van der Waals surface area contributed by atoms with Crippen molar-refractivity contribution in [1.82, 2.24) is 9.88 Å². The molecule has 1 amide bonds. The Hall–Kier alpha value is -2.96. The summed E-state index contributed by atoms with van der Waals surface area (Å²) in [6.07, 6.45) is -1.39. The lowest BCUT2D eigenvalue weighted by molar-refractivity contribution is -0.188. The van der Waals surface area contributed by atoms with Crippen molar-refractivity contribution < 1.29 is 26.8 Å².